The van der Waals surface area contributed by atoms with Gasteiger partial charge in [0.05, 0.1) is 18.2 Å². The maximum absolute atomic E-state index is 6.43. The number of methoxy groups -OCH3 is 1. The molecule has 0 amide bonds. The molecule has 1 heterocycles. The number of anilines is 1. The van der Waals surface area contributed by atoms with Crippen LogP contribution in [0, 0.1) is 0 Å². The van der Waals surface area contributed by atoms with Gasteiger partial charge in [0.15, 0.2) is 5.82 Å². The topological polar surface area (TPSA) is 56.3 Å². The molecular formula is C19H26ClN3O2. The Morgan fingerprint density at radius 2 is 1.88 bits per heavy atom. The summed E-state index contributed by atoms with van der Waals surface area (Å²) >= 11 is 6.43. The minimum atomic E-state index is 0.139. The highest BCUT2D eigenvalue weighted by atomic mass is 35.5. The van der Waals surface area contributed by atoms with E-state index in [1.54, 1.807) is 13.2 Å². The molecule has 2 aromatic rings. The van der Waals surface area contributed by atoms with Crippen LogP contribution in [0.15, 0.2) is 18.2 Å². The number of halogens is 1. The molecule has 0 radical (unpaired) electrons. The lowest BCUT2D eigenvalue weighted by atomic mass is 10.1. The summed E-state index contributed by atoms with van der Waals surface area (Å²) in [5.74, 6) is 1.94. The number of nitrogens with one attached hydrogen (secondary N) is 1. The summed E-state index contributed by atoms with van der Waals surface area (Å²) < 4.78 is 11.3. The van der Waals surface area contributed by atoms with E-state index in [9.17, 15) is 0 Å². The van der Waals surface area contributed by atoms with Gasteiger partial charge < -0.3 is 14.8 Å². The van der Waals surface area contributed by atoms with Gasteiger partial charge in [-0.05, 0) is 37.5 Å². The molecular weight excluding hydrogens is 338 g/mol. The molecule has 1 aromatic carbocycles. The summed E-state index contributed by atoms with van der Waals surface area (Å²) in [7, 11) is 3.43. The second-order valence-corrected chi connectivity index (χ2v) is 6.09. The highest BCUT2D eigenvalue weighted by molar-refractivity contribution is 6.33. The first kappa shape index (κ1) is 19.3. The molecule has 1 aromatic heterocycles. The number of aromatic nitrogens is 2. The first-order chi connectivity index (χ1) is 12.1. The van der Waals surface area contributed by atoms with Crippen molar-refractivity contribution in [1.29, 1.82) is 0 Å². The number of ether oxygens (including phenoxy) is 2. The third kappa shape index (κ3) is 4.34. The molecule has 2 rings (SSSR count). The van der Waals surface area contributed by atoms with Crippen LogP contribution in [0.2, 0.25) is 5.02 Å². The largest absolute Gasteiger partial charge is 0.497 e. The molecule has 0 atom stereocenters. The SMILES string of the molecule is CCc1nc(-c2ccc(OC)cc2Cl)c(NC)nc1OC(CC)CC. The van der Waals surface area contributed by atoms with E-state index in [2.05, 4.69) is 24.1 Å². The fourth-order valence-corrected chi connectivity index (χ4v) is 2.83. The standard InChI is InChI=1S/C19H26ClN3O2/c1-6-12(7-2)25-19-16(8-3)22-17(18(21-4)23-19)14-10-9-13(24-5)11-15(14)20/h9-12H,6-8H2,1-5H3,(H,21,23). The number of nitrogens with zero attached hydrogens (tertiary/aromatic N) is 2. The van der Waals surface area contributed by atoms with E-state index in [4.69, 9.17) is 26.1 Å². The van der Waals surface area contributed by atoms with Crippen LogP contribution in [-0.2, 0) is 6.42 Å². The van der Waals surface area contributed by atoms with Gasteiger partial charge in [0, 0.05) is 12.6 Å². The summed E-state index contributed by atoms with van der Waals surface area (Å²) in [5, 5.41) is 3.68. The lowest BCUT2D eigenvalue weighted by Gasteiger charge is -2.19. The molecule has 0 spiro atoms. The van der Waals surface area contributed by atoms with Crippen molar-refractivity contribution in [3.05, 3.63) is 28.9 Å². The van der Waals surface area contributed by atoms with Crippen molar-refractivity contribution >= 4 is 17.4 Å². The van der Waals surface area contributed by atoms with E-state index < -0.39 is 0 Å². The first-order valence-corrected chi connectivity index (χ1v) is 9.04. The molecule has 0 saturated carbocycles. The average Bonchev–Trinajstić information content (AvgIpc) is 2.65. The normalized spacial score (nSPS) is 10.8. The van der Waals surface area contributed by atoms with Crippen molar-refractivity contribution in [3.63, 3.8) is 0 Å². The van der Waals surface area contributed by atoms with E-state index in [0.717, 1.165) is 30.5 Å². The Balaban J connectivity index is 2.52. The average molecular weight is 364 g/mol. The summed E-state index contributed by atoms with van der Waals surface area (Å²) in [6.45, 7) is 6.26. The van der Waals surface area contributed by atoms with Crippen molar-refractivity contribution in [2.45, 2.75) is 46.1 Å². The smallest absolute Gasteiger partial charge is 0.237 e. The molecule has 0 fully saturated rings. The first-order valence-electron chi connectivity index (χ1n) is 8.67. The van der Waals surface area contributed by atoms with Crippen LogP contribution in [-0.4, -0.2) is 30.2 Å². The minimum Gasteiger partial charge on any atom is -0.497 e. The van der Waals surface area contributed by atoms with E-state index >= 15 is 0 Å². The highest BCUT2D eigenvalue weighted by Gasteiger charge is 2.19. The highest BCUT2D eigenvalue weighted by Crippen LogP contribution is 2.35. The van der Waals surface area contributed by atoms with Crippen LogP contribution in [0.25, 0.3) is 11.3 Å². The van der Waals surface area contributed by atoms with Crippen LogP contribution in [0.4, 0.5) is 5.82 Å². The molecule has 0 saturated heterocycles. The molecule has 25 heavy (non-hydrogen) atoms. The number of rotatable bonds is 8. The summed E-state index contributed by atoms with van der Waals surface area (Å²) in [6.07, 6.45) is 2.73. The lowest BCUT2D eigenvalue weighted by Crippen LogP contribution is -2.17. The number of benzene rings is 1. The number of aryl methyl sites for hydroxylation is 1. The maximum atomic E-state index is 6.43. The molecule has 6 heteroatoms. The van der Waals surface area contributed by atoms with E-state index in [1.165, 1.54) is 0 Å². The van der Waals surface area contributed by atoms with Crippen molar-refractivity contribution in [1.82, 2.24) is 9.97 Å². The van der Waals surface area contributed by atoms with Gasteiger partial charge in [-0.2, -0.15) is 4.98 Å². The Morgan fingerprint density at radius 1 is 1.16 bits per heavy atom. The summed E-state index contributed by atoms with van der Waals surface area (Å²) in [4.78, 5) is 9.47. The molecule has 0 aliphatic heterocycles. The quantitative estimate of drug-likeness (QED) is 0.717. The van der Waals surface area contributed by atoms with Gasteiger partial charge >= 0.3 is 0 Å². The Morgan fingerprint density at radius 3 is 2.40 bits per heavy atom. The van der Waals surface area contributed by atoms with Crippen LogP contribution in [0.3, 0.4) is 0 Å². The van der Waals surface area contributed by atoms with E-state index in [-0.39, 0.29) is 6.10 Å². The van der Waals surface area contributed by atoms with Gasteiger partial charge in [0.1, 0.15) is 17.1 Å². The second kappa shape index (κ2) is 8.90. The van der Waals surface area contributed by atoms with Gasteiger partial charge in [0.25, 0.3) is 0 Å². The maximum Gasteiger partial charge on any atom is 0.237 e. The number of hydrogen-bond donors (Lipinski definition) is 1. The molecule has 0 aliphatic carbocycles. The van der Waals surface area contributed by atoms with Crippen molar-refractivity contribution in [2.24, 2.45) is 0 Å². The Hall–Kier alpha value is -2.01. The Labute approximate surface area is 154 Å². The van der Waals surface area contributed by atoms with Gasteiger partial charge in [-0.15, -0.1) is 0 Å². The Bertz CT molecular complexity index is 718. The monoisotopic (exact) mass is 363 g/mol. The molecule has 0 unspecified atom stereocenters. The van der Waals surface area contributed by atoms with Crippen molar-refractivity contribution in [2.75, 3.05) is 19.5 Å². The Kier molecular flexibility index (Phi) is 6.88. The molecule has 5 nitrogen and oxygen atoms in total. The molecule has 1 N–H and O–H groups in total. The van der Waals surface area contributed by atoms with Crippen molar-refractivity contribution in [3.8, 4) is 22.9 Å². The minimum absolute atomic E-state index is 0.139. The van der Waals surface area contributed by atoms with Crippen molar-refractivity contribution < 1.29 is 9.47 Å². The van der Waals surface area contributed by atoms with Crippen LogP contribution < -0.4 is 14.8 Å². The molecule has 0 bridgehead atoms. The van der Waals surface area contributed by atoms with Gasteiger partial charge in [0.2, 0.25) is 5.88 Å². The summed E-state index contributed by atoms with van der Waals surface area (Å²) in [6, 6.07) is 5.54. The molecule has 136 valence electrons. The fraction of sp³-hybridized carbons (Fsp3) is 0.474. The van der Waals surface area contributed by atoms with E-state index in [0.29, 0.717) is 28.2 Å². The van der Waals surface area contributed by atoms with Gasteiger partial charge in [-0.1, -0.05) is 32.4 Å². The third-order valence-corrected chi connectivity index (χ3v) is 4.44. The van der Waals surface area contributed by atoms with Gasteiger partial charge in [-0.3, -0.25) is 0 Å². The summed E-state index contributed by atoms with van der Waals surface area (Å²) in [5.41, 5.74) is 2.35. The third-order valence-electron chi connectivity index (χ3n) is 4.12. The lowest BCUT2D eigenvalue weighted by molar-refractivity contribution is 0.182. The predicted octanol–water partition coefficient (Wildman–Crippen LogP) is 4.98. The fourth-order valence-electron chi connectivity index (χ4n) is 2.57. The van der Waals surface area contributed by atoms with Gasteiger partial charge in [-0.25, -0.2) is 4.98 Å². The zero-order valence-corrected chi connectivity index (χ0v) is 16.3. The van der Waals surface area contributed by atoms with Crippen LogP contribution in [0.1, 0.15) is 39.3 Å². The molecule has 0 aliphatic rings. The number of hydrogen-bond acceptors (Lipinski definition) is 5. The zero-order valence-electron chi connectivity index (χ0n) is 15.5. The second-order valence-electron chi connectivity index (χ2n) is 5.68. The predicted molar refractivity (Wildman–Crippen MR) is 103 cm³/mol. The van der Waals surface area contributed by atoms with Crippen LogP contribution >= 0.6 is 11.6 Å². The van der Waals surface area contributed by atoms with E-state index in [1.807, 2.05) is 26.1 Å². The van der Waals surface area contributed by atoms with Crippen LogP contribution in [0.5, 0.6) is 11.6 Å². The zero-order chi connectivity index (χ0) is 18.4.